The van der Waals surface area contributed by atoms with Gasteiger partial charge in [0.05, 0.1) is 12.1 Å². The Kier molecular flexibility index (Phi) is 3.29. The Morgan fingerprint density at radius 3 is 2.29 bits per heavy atom. The first-order chi connectivity index (χ1) is 6.52. The lowest BCUT2D eigenvalue weighted by Crippen LogP contribution is -2.30. The largest absolute Gasteiger partial charge is 0.388 e. The average molecular weight is 199 g/mol. The Morgan fingerprint density at radius 2 is 1.79 bits per heavy atom. The Morgan fingerprint density at radius 1 is 1.21 bits per heavy atom. The molecule has 0 spiro atoms. The SMILES string of the molecule is NC(N)=NC(N)=NCC1(O)CCCC1. The molecule has 0 radical (unpaired) electrons. The summed E-state index contributed by atoms with van der Waals surface area (Å²) in [5.74, 6) is -0.102. The molecule has 0 aliphatic heterocycles. The van der Waals surface area contributed by atoms with E-state index in [-0.39, 0.29) is 18.5 Å². The molecule has 1 rings (SSSR count). The van der Waals surface area contributed by atoms with E-state index in [1.807, 2.05) is 0 Å². The second kappa shape index (κ2) is 4.28. The Labute approximate surface area is 82.9 Å². The summed E-state index contributed by atoms with van der Waals surface area (Å²) >= 11 is 0. The predicted molar refractivity (Wildman–Crippen MR) is 55.7 cm³/mol. The highest BCUT2D eigenvalue weighted by atomic mass is 16.3. The zero-order valence-electron chi connectivity index (χ0n) is 8.11. The number of hydrogen-bond acceptors (Lipinski definition) is 2. The van der Waals surface area contributed by atoms with E-state index < -0.39 is 5.60 Å². The van der Waals surface area contributed by atoms with Gasteiger partial charge in [-0.3, -0.25) is 0 Å². The number of rotatable bonds is 2. The minimum atomic E-state index is -0.705. The van der Waals surface area contributed by atoms with Crippen LogP contribution in [0.4, 0.5) is 0 Å². The molecule has 0 heterocycles. The van der Waals surface area contributed by atoms with E-state index in [0.29, 0.717) is 0 Å². The quantitative estimate of drug-likeness (QED) is 0.332. The second-order valence-electron chi connectivity index (χ2n) is 3.64. The molecule has 0 aromatic heterocycles. The summed E-state index contributed by atoms with van der Waals surface area (Å²) in [6.07, 6.45) is 3.61. The molecule has 0 bridgehead atoms. The van der Waals surface area contributed by atoms with Gasteiger partial charge in [-0.15, -0.1) is 0 Å². The van der Waals surface area contributed by atoms with E-state index >= 15 is 0 Å². The number of hydrogen-bond donors (Lipinski definition) is 4. The molecule has 0 aromatic carbocycles. The molecule has 6 heteroatoms. The van der Waals surface area contributed by atoms with Crippen LogP contribution in [0.2, 0.25) is 0 Å². The number of aliphatic hydroxyl groups is 1. The molecule has 0 aromatic rings. The lowest BCUT2D eigenvalue weighted by atomic mass is 10.0. The van der Waals surface area contributed by atoms with E-state index in [9.17, 15) is 5.11 Å². The van der Waals surface area contributed by atoms with Crippen molar-refractivity contribution in [3.8, 4) is 0 Å². The fourth-order valence-corrected chi connectivity index (χ4v) is 1.59. The van der Waals surface area contributed by atoms with E-state index in [1.54, 1.807) is 0 Å². The van der Waals surface area contributed by atoms with Gasteiger partial charge in [0.2, 0.25) is 5.96 Å². The molecule has 0 saturated heterocycles. The van der Waals surface area contributed by atoms with Gasteiger partial charge >= 0.3 is 0 Å². The minimum Gasteiger partial charge on any atom is -0.388 e. The number of nitrogens with zero attached hydrogens (tertiary/aromatic N) is 2. The molecular formula is C8H17N5O. The summed E-state index contributed by atoms with van der Waals surface area (Å²) in [6.45, 7) is 0.273. The number of aliphatic imine (C=N–C) groups is 2. The maximum Gasteiger partial charge on any atom is 0.218 e. The van der Waals surface area contributed by atoms with Gasteiger partial charge in [-0.05, 0) is 12.8 Å². The fourth-order valence-electron chi connectivity index (χ4n) is 1.59. The topological polar surface area (TPSA) is 123 Å². The monoisotopic (exact) mass is 199 g/mol. The van der Waals surface area contributed by atoms with Gasteiger partial charge < -0.3 is 22.3 Å². The second-order valence-corrected chi connectivity index (χ2v) is 3.64. The van der Waals surface area contributed by atoms with Gasteiger partial charge in [-0.1, -0.05) is 12.8 Å². The highest BCUT2D eigenvalue weighted by Gasteiger charge is 2.30. The van der Waals surface area contributed by atoms with Crippen LogP contribution in [0.5, 0.6) is 0 Å². The van der Waals surface area contributed by atoms with E-state index in [0.717, 1.165) is 25.7 Å². The minimum absolute atomic E-state index is 0.0188. The van der Waals surface area contributed by atoms with Crippen LogP contribution in [0.15, 0.2) is 9.98 Å². The summed E-state index contributed by atoms with van der Waals surface area (Å²) in [7, 11) is 0. The van der Waals surface area contributed by atoms with Gasteiger partial charge in [-0.2, -0.15) is 4.99 Å². The molecular weight excluding hydrogens is 182 g/mol. The van der Waals surface area contributed by atoms with Crippen LogP contribution in [0.1, 0.15) is 25.7 Å². The van der Waals surface area contributed by atoms with Crippen LogP contribution in [-0.2, 0) is 0 Å². The Bertz CT molecular complexity index is 250. The van der Waals surface area contributed by atoms with E-state index in [1.165, 1.54) is 0 Å². The zero-order chi connectivity index (χ0) is 10.6. The summed E-state index contributed by atoms with van der Waals surface area (Å²) in [5, 5.41) is 9.90. The van der Waals surface area contributed by atoms with Crippen molar-refractivity contribution in [1.29, 1.82) is 0 Å². The van der Waals surface area contributed by atoms with Crippen LogP contribution >= 0.6 is 0 Å². The standard InChI is InChI=1S/C8H17N5O/c9-6(10)13-7(11)12-5-8(14)3-1-2-4-8/h14H,1-5H2,(H6,9,10,11,12,13). The van der Waals surface area contributed by atoms with Crippen molar-refractivity contribution in [2.24, 2.45) is 27.2 Å². The smallest absolute Gasteiger partial charge is 0.218 e. The summed E-state index contributed by atoms with van der Waals surface area (Å²) in [4.78, 5) is 7.47. The highest BCUT2D eigenvalue weighted by Crippen LogP contribution is 2.29. The zero-order valence-corrected chi connectivity index (χ0v) is 8.11. The van der Waals surface area contributed by atoms with Crippen LogP contribution in [0, 0.1) is 0 Å². The molecule has 7 N–H and O–H groups in total. The van der Waals surface area contributed by atoms with Crippen molar-refractivity contribution in [3.63, 3.8) is 0 Å². The van der Waals surface area contributed by atoms with Crippen LogP contribution < -0.4 is 17.2 Å². The maximum atomic E-state index is 9.90. The van der Waals surface area contributed by atoms with E-state index in [4.69, 9.17) is 17.2 Å². The lowest BCUT2D eigenvalue weighted by molar-refractivity contribution is 0.0575. The molecule has 0 atom stereocenters. The third-order valence-corrected chi connectivity index (χ3v) is 2.31. The average Bonchev–Trinajstić information content (AvgIpc) is 2.49. The summed E-state index contributed by atoms with van der Waals surface area (Å²) in [6, 6.07) is 0. The molecule has 6 nitrogen and oxygen atoms in total. The molecule has 80 valence electrons. The molecule has 0 unspecified atom stereocenters. The van der Waals surface area contributed by atoms with Crippen LogP contribution in [-0.4, -0.2) is 29.2 Å². The van der Waals surface area contributed by atoms with Crippen molar-refractivity contribution in [2.45, 2.75) is 31.3 Å². The third-order valence-electron chi connectivity index (χ3n) is 2.31. The van der Waals surface area contributed by atoms with Gasteiger partial charge in [-0.25, -0.2) is 4.99 Å². The van der Waals surface area contributed by atoms with Crippen molar-refractivity contribution in [2.75, 3.05) is 6.54 Å². The molecule has 0 amide bonds. The summed E-state index contributed by atoms with van der Waals surface area (Å²) in [5.41, 5.74) is 14.9. The molecule has 14 heavy (non-hydrogen) atoms. The molecule has 1 saturated carbocycles. The first kappa shape index (κ1) is 10.8. The maximum absolute atomic E-state index is 9.90. The first-order valence-electron chi connectivity index (χ1n) is 4.64. The highest BCUT2D eigenvalue weighted by molar-refractivity contribution is 5.92. The molecule has 1 aliphatic rings. The van der Waals surface area contributed by atoms with E-state index in [2.05, 4.69) is 9.98 Å². The first-order valence-corrected chi connectivity index (χ1v) is 4.64. The molecule has 1 aliphatic carbocycles. The Balaban J connectivity index is 2.49. The van der Waals surface area contributed by atoms with Crippen LogP contribution in [0.3, 0.4) is 0 Å². The van der Waals surface area contributed by atoms with Crippen molar-refractivity contribution in [1.82, 2.24) is 0 Å². The number of guanidine groups is 2. The van der Waals surface area contributed by atoms with Gasteiger partial charge in [0, 0.05) is 0 Å². The van der Waals surface area contributed by atoms with Gasteiger partial charge in [0.25, 0.3) is 0 Å². The third kappa shape index (κ3) is 3.21. The van der Waals surface area contributed by atoms with Gasteiger partial charge in [0.1, 0.15) is 0 Å². The summed E-state index contributed by atoms with van der Waals surface area (Å²) < 4.78 is 0. The lowest BCUT2D eigenvalue weighted by Gasteiger charge is -2.18. The van der Waals surface area contributed by atoms with Crippen molar-refractivity contribution in [3.05, 3.63) is 0 Å². The fraction of sp³-hybridized carbons (Fsp3) is 0.750. The van der Waals surface area contributed by atoms with Gasteiger partial charge in [0.15, 0.2) is 5.96 Å². The van der Waals surface area contributed by atoms with Crippen molar-refractivity contribution >= 4 is 11.9 Å². The normalized spacial score (nSPS) is 20.8. The number of nitrogens with two attached hydrogens (primary N) is 3. The predicted octanol–water partition coefficient (Wildman–Crippen LogP) is -1.12. The van der Waals surface area contributed by atoms with Crippen LogP contribution in [0.25, 0.3) is 0 Å². The van der Waals surface area contributed by atoms with Crippen molar-refractivity contribution < 1.29 is 5.11 Å². The Hall–Kier alpha value is -1.30. The molecule has 1 fully saturated rings.